The van der Waals surface area contributed by atoms with E-state index in [1.54, 1.807) is 35.6 Å². The summed E-state index contributed by atoms with van der Waals surface area (Å²) in [5.41, 5.74) is 1.75. The lowest BCUT2D eigenvalue weighted by Crippen LogP contribution is -2.09. The SMILES string of the molecule is COC(=O)c1cccc2c1[nH]c(=O)c1ccsc12.COC(=O)c1cccc2c1nc(Cl)c1ccsc12. The maximum atomic E-state index is 11.9. The molecule has 0 radical (unpaired) electrons. The smallest absolute Gasteiger partial charge is 0.340 e. The highest BCUT2D eigenvalue weighted by molar-refractivity contribution is 7.18. The number of hydrogen-bond acceptors (Lipinski definition) is 8. The molecule has 0 fully saturated rings. The number of rotatable bonds is 2. The van der Waals surface area contributed by atoms with E-state index in [0.717, 1.165) is 25.6 Å². The molecule has 7 nitrogen and oxygen atoms in total. The van der Waals surface area contributed by atoms with Crippen LogP contribution in [-0.4, -0.2) is 36.1 Å². The largest absolute Gasteiger partial charge is 0.465 e. The van der Waals surface area contributed by atoms with Crippen LogP contribution in [0.2, 0.25) is 5.15 Å². The summed E-state index contributed by atoms with van der Waals surface area (Å²) in [7, 11) is 2.68. The van der Waals surface area contributed by atoms with Gasteiger partial charge in [0.2, 0.25) is 0 Å². The molecule has 0 amide bonds. The van der Waals surface area contributed by atoms with E-state index in [0.29, 0.717) is 32.7 Å². The summed E-state index contributed by atoms with van der Waals surface area (Å²) in [6, 6.07) is 14.5. The van der Waals surface area contributed by atoms with Crippen LogP contribution in [0.4, 0.5) is 0 Å². The Morgan fingerprint density at radius 1 is 0.806 bits per heavy atom. The van der Waals surface area contributed by atoms with Crippen molar-refractivity contribution in [2.45, 2.75) is 0 Å². The lowest BCUT2D eigenvalue weighted by Gasteiger charge is -2.05. The summed E-state index contributed by atoms with van der Waals surface area (Å²) in [4.78, 5) is 42.4. The van der Waals surface area contributed by atoms with Gasteiger partial charge in [-0.2, -0.15) is 0 Å². The van der Waals surface area contributed by atoms with Crippen molar-refractivity contribution in [1.82, 2.24) is 9.97 Å². The number of fused-ring (bicyclic) bond motifs is 6. The molecular formula is C26H17ClN2O5S2. The predicted octanol–water partition coefficient (Wildman–Crippen LogP) is 6.42. The van der Waals surface area contributed by atoms with Gasteiger partial charge in [-0.1, -0.05) is 35.9 Å². The molecule has 0 unspecified atom stereocenters. The minimum absolute atomic E-state index is 0.185. The molecule has 36 heavy (non-hydrogen) atoms. The Balaban J connectivity index is 0.000000148. The Kier molecular flexibility index (Phi) is 6.44. The number of ether oxygens (including phenoxy) is 2. The van der Waals surface area contributed by atoms with Crippen LogP contribution in [0, 0.1) is 0 Å². The Morgan fingerprint density at radius 2 is 1.39 bits per heavy atom. The summed E-state index contributed by atoms with van der Waals surface area (Å²) in [5.74, 6) is -0.854. The number of halogens is 1. The highest BCUT2D eigenvalue weighted by Gasteiger charge is 2.16. The van der Waals surface area contributed by atoms with Gasteiger partial charge in [0.1, 0.15) is 5.15 Å². The lowest BCUT2D eigenvalue weighted by atomic mass is 10.1. The molecule has 4 aromatic heterocycles. The Morgan fingerprint density at radius 3 is 2.08 bits per heavy atom. The number of aromatic amines is 1. The first kappa shape index (κ1) is 23.9. The van der Waals surface area contributed by atoms with Crippen LogP contribution in [-0.2, 0) is 9.47 Å². The van der Waals surface area contributed by atoms with Gasteiger partial charge in [0.05, 0.1) is 41.8 Å². The molecule has 0 aliphatic heterocycles. The van der Waals surface area contributed by atoms with Gasteiger partial charge in [0.15, 0.2) is 0 Å². The van der Waals surface area contributed by atoms with E-state index in [-0.39, 0.29) is 5.56 Å². The summed E-state index contributed by atoms with van der Waals surface area (Å²) in [6.07, 6.45) is 0. The van der Waals surface area contributed by atoms with Crippen LogP contribution in [0.25, 0.3) is 42.0 Å². The Labute approximate surface area is 216 Å². The standard InChI is InChI=1S/C13H8ClNO2S.C13H9NO3S/c1-17-13(16)8-4-2-3-7-10(8)15-12(14)9-5-6-18-11(7)9;1-17-13(16)8-4-2-3-7-10(8)14-12(15)9-5-6-18-11(7)9/h2-6H,1H3;2-6H,1H3,(H,14,15). The molecule has 0 spiro atoms. The average Bonchev–Trinajstić information content (AvgIpc) is 3.59. The van der Waals surface area contributed by atoms with Crippen LogP contribution in [0.15, 0.2) is 64.1 Å². The third-order valence-corrected chi connectivity index (χ3v) is 7.83. The first-order valence-electron chi connectivity index (χ1n) is 10.6. The molecule has 0 aliphatic carbocycles. The molecular weight excluding hydrogens is 520 g/mol. The zero-order chi connectivity index (χ0) is 25.4. The van der Waals surface area contributed by atoms with E-state index in [2.05, 4.69) is 9.97 Å². The summed E-state index contributed by atoms with van der Waals surface area (Å²) < 4.78 is 11.4. The van der Waals surface area contributed by atoms with Crippen molar-refractivity contribution in [3.8, 4) is 0 Å². The Hall–Kier alpha value is -3.79. The first-order valence-corrected chi connectivity index (χ1v) is 12.7. The second-order valence-electron chi connectivity index (χ2n) is 7.60. The molecule has 0 saturated heterocycles. The summed E-state index contributed by atoms with van der Waals surface area (Å²) in [6.45, 7) is 0. The minimum atomic E-state index is -0.452. The van der Waals surface area contributed by atoms with Crippen molar-refractivity contribution in [1.29, 1.82) is 0 Å². The maximum Gasteiger partial charge on any atom is 0.340 e. The van der Waals surface area contributed by atoms with Gasteiger partial charge in [-0.15, -0.1) is 22.7 Å². The minimum Gasteiger partial charge on any atom is -0.465 e. The summed E-state index contributed by atoms with van der Waals surface area (Å²) >= 11 is 9.21. The monoisotopic (exact) mass is 536 g/mol. The van der Waals surface area contributed by atoms with Crippen molar-refractivity contribution >= 4 is 88.2 Å². The molecule has 4 heterocycles. The molecule has 2 aromatic carbocycles. The second-order valence-corrected chi connectivity index (χ2v) is 9.79. The zero-order valence-corrected chi connectivity index (χ0v) is 21.3. The van der Waals surface area contributed by atoms with Gasteiger partial charge in [-0.3, -0.25) is 4.79 Å². The fourth-order valence-electron chi connectivity index (χ4n) is 3.99. The number of nitrogens with one attached hydrogen (secondary N) is 1. The van der Waals surface area contributed by atoms with Gasteiger partial charge in [-0.05, 0) is 35.0 Å². The first-order chi connectivity index (χ1) is 17.4. The van der Waals surface area contributed by atoms with Crippen molar-refractivity contribution < 1.29 is 19.1 Å². The van der Waals surface area contributed by atoms with Crippen LogP contribution >= 0.6 is 34.3 Å². The van der Waals surface area contributed by atoms with E-state index in [9.17, 15) is 14.4 Å². The van der Waals surface area contributed by atoms with Crippen LogP contribution in [0.3, 0.4) is 0 Å². The van der Waals surface area contributed by atoms with Gasteiger partial charge >= 0.3 is 11.9 Å². The van der Waals surface area contributed by atoms with E-state index >= 15 is 0 Å². The fraction of sp³-hybridized carbons (Fsp3) is 0.0769. The molecule has 180 valence electrons. The number of para-hydroxylation sites is 2. The average molecular weight is 537 g/mol. The zero-order valence-electron chi connectivity index (χ0n) is 19.0. The van der Waals surface area contributed by atoms with E-state index in [4.69, 9.17) is 21.1 Å². The number of methoxy groups -OCH3 is 2. The third kappa shape index (κ3) is 4.01. The molecule has 6 rings (SSSR count). The summed E-state index contributed by atoms with van der Waals surface area (Å²) in [5, 5.41) is 7.59. The number of nitrogens with zero attached hydrogens (tertiary/aromatic N) is 1. The van der Waals surface area contributed by atoms with Crippen LogP contribution in [0.5, 0.6) is 0 Å². The number of aromatic nitrogens is 2. The molecule has 10 heteroatoms. The number of H-pyrrole nitrogens is 1. The van der Waals surface area contributed by atoms with Gasteiger partial charge in [-0.25, -0.2) is 14.6 Å². The van der Waals surface area contributed by atoms with E-state index < -0.39 is 11.9 Å². The fourth-order valence-corrected chi connectivity index (χ4v) is 6.14. The lowest BCUT2D eigenvalue weighted by molar-refractivity contribution is 0.0594. The molecule has 0 saturated carbocycles. The maximum absolute atomic E-state index is 11.9. The molecule has 6 aromatic rings. The highest BCUT2D eigenvalue weighted by Crippen LogP contribution is 2.34. The normalized spacial score (nSPS) is 11.0. The Bertz CT molecular complexity index is 1850. The molecule has 1 N–H and O–H groups in total. The number of pyridine rings is 2. The number of carbonyl (C=O) groups is 2. The van der Waals surface area contributed by atoms with Crippen molar-refractivity contribution in [3.05, 3.63) is 85.9 Å². The van der Waals surface area contributed by atoms with Crippen LogP contribution in [0.1, 0.15) is 20.7 Å². The van der Waals surface area contributed by atoms with Gasteiger partial charge in [0, 0.05) is 25.6 Å². The van der Waals surface area contributed by atoms with E-state index in [1.165, 1.54) is 25.6 Å². The number of carbonyl (C=O) groups excluding carboxylic acids is 2. The third-order valence-electron chi connectivity index (χ3n) is 5.65. The number of thiophene rings is 2. The van der Waals surface area contributed by atoms with Gasteiger partial charge in [0.25, 0.3) is 5.56 Å². The van der Waals surface area contributed by atoms with E-state index in [1.807, 2.05) is 35.0 Å². The molecule has 0 bridgehead atoms. The van der Waals surface area contributed by atoms with Crippen molar-refractivity contribution in [3.63, 3.8) is 0 Å². The number of benzene rings is 2. The molecule has 0 aliphatic rings. The quantitative estimate of drug-likeness (QED) is 0.202. The topological polar surface area (TPSA) is 98.4 Å². The highest BCUT2D eigenvalue weighted by atomic mass is 35.5. The number of esters is 2. The van der Waals surface area contributed by atoms with Gasteiger partial charge < -0.3 is 14.5 Å². The second kappa shape index (κ2) is 9.69. The predicted molar refractivity (Wildman–Crippen MR) is 145 cm³/mol. The van der Waals surface area contributed by atoms with Crippen molar-refractivity contribution in [2.24, 2.45) is 0 Å². The van der Waals surface area contributed by atoms with Crippen molar-refractivity contribution in [2.75, 3.05) is 14.2 Å². The molecule has 0 atom stereocenters. The van der Waals surface area contributed by atoms with Crippen LogP contribution < -0.4 is 5.56 Å². The number of hydrogen-bond donors (Lipinski definition) is 1.